The fourth-order valence-corrected chi connectivity index (χ4v) is 2.37. The van der Waals surface area contributed by atoms with Crippen LogP contribution in [0.15, 0.2) is 48.1 Å². The van der Waals surface area contributed by atoms with Gasteiger partial charge >= 0.3 is 0 Å². The third-order valence-electron chi connectivity index (χ3n) is 2.49. The zero-order valence-corrected chi connectivity index (χ0v) is 10.3. The summed E-state index contributed by atoms with van der Waals surface area (Å²) in [6.07, 6.45) is 3.47. The van der Waals surface area contributed by atoms with E-state index >= 15 is 0 Å². The average molecular weight is 254 g/mol. The minimum absolute atomic E-state index is 0.285. The van der Waals surface area contributed by atoms with Crippen molar-refractivity contribution in [3.63, 3.8) is 0 Å². The van der Waals surface area contributed by atoms with Crippen molar-refractivity contribution in [2.75, 3.05) is 5.73 Å². The van der Waals surface area contributed by atoms with Crippen LogP contribution in [0, 0.1) is 0 Å². The van der Waals surface area contributed by atoms with Crippen LogP contribution in [0.4, 0.5) is 5.95 Å². The summed E-state index contributed by atoms with van der Waals surface area (Å²) in [4.78, 5) is 13.6. The van der Waals surface area contributed by atoms with E-state index in [1.165, 1.54) is 0 Å². The SMILES string of the molecule is Nc1nc(-c2ccncc2)cc(-c2cccs2)n1. The van der Waals surface area contributed by atoms with Crippen LogP contribution in [0.3, 0.4) is 0 Å². The molecule has 0 fully saturated rings. The Balaban J connectivity index is 2.12. The normalized spacial score (nSPS) is 10.4. The first kappa shape index (κ1) is 10.9. The summed E-state index contributed by atoms with van der Waals surface area (Å²) in [5.41, 5.74) is 8.42. The smallest absolute Gasteiger partial charge is 0.221 e. The molecule has 18 heavy (non-hydrogen) atoms. The Hall–Kier alpha value is -2.27. The molecule has 0 aliphatic rings. The van der Waals surface area contributed by atoms with E-state index in [1.54, 1.807) is 23.7 Å². The number of thiophene rings is 1. The van der Waals surface area contributed by atoms with Crippen LogP contribution in [0.5, 0.6) is 0 Å². The molecule has 5 heteroatoms. The molecule has 0 aromatic carbocycles. The van der Waals surface area contributed by atoms with Gasteiger partial charge in [0.1, 0.15) is 0 Å². The molecule has 0 spiro atoms. The van der Waals surface area contributed by atoms with Crippen molar-refractivity contribution in [1.29, 1.82) is 0 Å². The second-order valence-electron chi connectivity index (χ2n) is 3.71. The Labute approximate surface area is 108 Å². The van der Waals surface area contributed by atoms with Gasteiger partial charge in [-0.05, 0) is 29.6 Å². The molecule has 0 saturated carbocycles. The van der Waals surface area contributed by atoms with Crippen LogP contribution in [0.25, 0.3) is 21.8 Å². The zero-order valence-electron chi connectivity index (χ0n) is 9.45. The molecule has 0 unspecified atom stereocenters. The van der Waals surface area contributed by atoms with E-state index in [0.29, 0.717) is 0 Å². The number of aromatic nitrogens is 3. The summed E-state index contributed by atoms with van der Waals surface area (Å²) in [5.74, 6) is 0.285. The molecule has 0 aliphatic carbocycles. The molecule has 0 aliphatic heterocycles. The maximum absolute atomic E-state index is 5.77. The quantitative estimate of drug-likeness (QED) is 0.763. The van der Waals surface area contributed by atoms with Crippen LogP contribution in [0.2, 0.25) is 0 Å². The number of anilines is 1. The second-order valence-corrected chi connectivity index (χ2v) is 4.66. The molecular weight excluding hydrogens is 244 g/mol. The highest BCUT2D eigenvalue weighted by Gasteiger charge is 2.07. The minimum Gasteiger partial charge on any atom is -0.368 e. The zero-order chi connectivity index (χ0) is 12.4. The Morgan fingerprint density at radius 2 is 1.78 bits per heavy atom. The van der Waals surface area contributed by atoms with E-state index in [-0.39, 0.29) is 5.95 Å². The molecule has 3 aromatic rings. The van der Waals surface area contributed by atoms with Gasteiger partial charge in [-0.15, -0.1) is 11.3 Å². The molecule has 0 radical (unpaired) electrons. The van der Waals surface area contributed by atoms with Gasteiger partial charge in [-0.3, -0.25) is 4.98 Å². The van der Waals surface area contributed by atoms with Gasteiger partial charge < -0.3 is 5.73 Å². The molecule has 0 saturated heterocycles. The summed E-state index contributed by atoms with van der Waals surface area (Å²) in [7, 11) is 0. The highest BCUT2D eigenvalue weighted by Crippen LogP contribution is 2.27. The number of rotatable bonds is 2. The van der Waals surface area contributed by atoms with E-state index in [1.807, 2.05) is 35.7 Å². The van der Waals surface area contributed by atoms with Gasteiger partial charge in [-0.2, -0.15) is 0 Å². The number of nitrogens with two attached hydrogens (primary N) is 1. The number of hydrogen-bond donors (Lipinski definition) is 1. The van der Waals surface area contributed by atoms with Gasteiger partial charge in [0, 0.05) is 18.0 Å². The molecule has 4 nitrogen and oxygen atoms in total. The van der Waals surface area contributed by atoms with Gasteiger partial charge in [-0.1, -0.05) is 6.07 Å². The fourth-order valence-electron chi connectivity index (χ4n) is 1.69. The second kappa shape index (κ2) is 4.54. The van der Waals surface area contributed by atoms with E-state index < -0.39 is 0 Å². The van der Waals surface area contributed by atoms with Gasteiger partial charge in [0.05, 0.1) is 16.3 Å². The third kappa shape index (κ3) is 2.08. The maximum Gasteiger partial charge on any atom is 0.221 e. The highest BCUT2D eigenvalue weighted by molar-refractivity contribution is 7.13. The molecule has 0 amide bonds. The summed E-state index contributed by atoms with van der Waals surface area (Å²) in [5, 5.41) is 2.01. The average Bonchev–Trinajstić information content (AvgIpc) is 2.93. The van der Waals surface area contributed by atoms with Crippen LogP contribution in [-0.4, -0.2) is 15.0 Å². The van der Waals surface area contributed by atoms with Crippen molar-refractivity contribution in [3.8, 4) is 21.8 Å². The van der Waals surface area contributed by atoms with Crippen molar-refractivity contribution < 1.29 is 0 Å². The predicted molar refractivity (Wildman–Crippen MR) is 73.0 cm³/mol. The standard InChI is InChI=1S/C13H10N4S/c14-13-16-10(9-3-5-15-6-4-9)8-11(17-13)12-2-1-7-18-12/h1-8H,(H2,14,16,17). The van der Waals surface area contributed by atoms with E-state index in [0.717, 1.165) is 21.8 Å². The summed E-state index contributed by atoms with van der Waals surface area (Å²) >= 11 is 1.63. The van der Waals surface area contributed by atoms with Gasteiger partial charge in [0.25, 0.3) is 0 Å². The predicted octanol–water partition coefficient (Wildman–Crippen LogP) is 2.85. The molecule has 0 bridgehead atoms. The maximum atomic E-state index is 5.77. The minimum atomic E-state index is 0.285. The van der Waals surface area contributed by atoms with Crippen molar-refractivity contribution in [2.24, 2.45) is 0 Å². The lowest BCUT2D eigenvalue weighted by Gasteiger charge is -2.04. The van der Waals surface area contributed by atoms with E-state index in [2.05, 4.69) is 15.0 Å². The van der Waals surface area contributed by atoms with Gasteiger partial charge in [-0.25, -0.2) is 9.97 Å². The van der Waals surface area contributed by atoms with Gasteiger partial charge in [0.2, 0.25) is 5.95 Å². The molecule has 0 atom stereocenters. The molecule has 2 N–H and O–H groups in total. The fraction of sp³-hybridized carbons (Fsp3) is 0. The summed E-state index contributed by atoms with van der Waals surface area (Å²) < 4.78 is 0. The van der Waals surface area contributed by atoms with Crippen LogP contribution < -0.4 is 5.73 Å². The third-order valence-corrected chi connectivity index (χ3v) is 3.39. The number of nitrogens with zero attached hydrogens (tertiary/aromatic N) is 3. The Morgan fingerprint density at radius 3 is 2.50 bits per heavy atom. The van der Waals surface area contributed by atoms with Crippen molar-refractivity contribution >= 4 is 17.3 Å². The Bertz CT molecular complexity index is 650. The molecular formula is C13H10N4S. The largest absolute Gasteiger partial charge is 0.368 e. The number of hydrogen-bond acceptors (Lipinski definition) is 5. The molecule has 3 rings (SSSR count). The van der Waals surface area contributed by atoms with Crippen molar-refractivity contribution in [2.45, 2.75) is 0 Å². The number of pyridine rings is 1. The lowest BCUT2D eigenvalue weighted by molar-refractivity contribution is 1.19. The number of nitrogen functional groups attached to an aromatic ring is 1. The van der Waals surface area contributed by atoms with Crippen molar-refractivity contribution in [3.05, 3.63) is 48.1 Å². The lowest BCUT2D eigenvalue weighted by Crippen LogP contribution is -1.98. The highest BCUT2D eigenvalue weighted by atomic mass is 32.1. The topological polar surface area (TPSA) is 64.7 Å². The first-order chi connectivity index (χ1) is 8.83. The first-order valence-corrected chi connectivity index (χ1v) is 6.30. The van der Waals surface area contributed by atoms with E-state index in [9.17, 15) is 0 Å². The molecule has 3 heterocycles. The monoisotopic (exact) mass is 254 g/mol. The van der Waals surface area contributed by atoms with Crippen molar-refractivity contribution in [1.82, 2.24) is 15.0 Å². The Morgan fingerprint density at radius 1 is 1.00 bits per heavy atom. The first-order valence-electron chi connectivity index (χ1n) is 5.42. The van der Waals surface area contributed by atoms with E-state index in [4.69, 9.17) is 5.73 Å². The summed E-state index contributed by atoms with van der Waals surface area (Å²) in [6, 6.07) is 9.75. The van der Waals surface area contributed by atoms with Crippen LogP contribution in [-0.2, 0) is 0 Å². The molecule has 3 aromatic heterocycles. The van der Waals surface area contributed by atoms with Crippen LogP contribution >= 0.6 is 11.3 Å². The van der Waals surface area contributed by atoms with Gasteiger partial charge in [0.15, 0.2) is 0 Å². The summed E-state index contributed by atoms with van der Waals surface area (Å²) in [6.45, 7) is 0. The molecule has 88 valence electrons. The Kier molecular flexibility index (Phi) is 2.74. The van der Waals surface area contributed by atoms with Crippen LogP contribution in [0.1, 0.15) is 0 Å². The lowest BCUT2D eigenvalue weighted by atomic mass is 10.1.